The minimum absolute atomic E-state index is 0.208. The van der Waals surface area contributed by atoms with Crippen LogP contribution in [0.15, 0.2) is 24.3 Å². The lowest BCUT2D eigenvalue weighted by Gasteiger charge is -2.38. The molecule has 0 radical (unpaired) electrons. The molecule has 0 bridgehead atoms. The normalized spacial score (nSPS) is 21.6. The summed E-state index contributed by atoms with van der Waals surface area (Å²) in [5.74, 6) is 0. The smallest absolute Gasteiger partial charge is 0.131 e. The van der Waals surface area contributed by atoms with E-state index >= 15 is 0 Å². The van der Waals surface area contributed by atoms with E-state index in [-0.39, 0.29) is 11.8 Å². The van der Waals surface area contributed by atoms with Crippen molar-refractivity contribution in [3.63, 3.8) is 0 Å². The molecule has 4 nitrogen and oxygen atoms in total. The van der Waals surface area contributed by atoms with Crippen molar-refractivity contribution < 1.29 is 0 Å². The second kappa shape index (κ2) is 4.64. The quantitative estimate of drug-likeness (QED) is 0.670. The maximum atomic E-state index is 3.43. The molecular weight excluding hydrogens is 212 g/mol. The molecule has 94 valence electrons. The first-order chi connectivity index (χ1) is 8.25. The van der Waals surface area contributed by atoms with Crippen molar-refractivity contribution in [1.29, 1.82) is 0 Å². The van der Waals surface area contributed by atoms with Gasteiger partial charge in [0.1, 0.15) is 11.8 Å². The fraction of sp³-hybridized carbons (Fsp3) is 0.538. The summed E-state index contributed by atoms with van der Waals surface area (Å²) in [6.07, 6.45) is 0.208. The van der Waals surface area contributed by atoms with Crippen LogP contribution >= 0.6 is 0 Å². The molecule has 0 fully saturated rings. The second-order valence-electron chi connectivity index (χ2n) is 4.30. The standard InChI is InChI=1S/C13H22N4/c1-5-17-11-9-7-6-8-10(11)13(15-3,16-4)12(17)14-2/h6-9,12,14-16H,5H2,1-4H3. The molecule has 2 rings (SSSR count). The maximum absolute atomic E-state index is 3.43. The van der Waals surface area contributed by atoms with Gasteiger partial charge in [0.15, 0.2) is 0 Å². The lowest BCUT2D eigenvalue weighted by molar-refractivity contribution is 0.231. The third kappa shape index (κ3) is 1.56. The number of para-hydroxylation sites is 1. The zero-order valence-corrected chi connectivity index (χ0v) is 11.0. The number of fused-ring (bicyclic) bond motifs is 1. The molecule has 1 aliphatic rings. The van der Waals surface area contributed by atoms with Crippen LogP contribution < -0.4 is 20.9 Å². The Morgan fingerprint density at radius 2 is 1.82 bits per heavy atom. The average molecular weight is 234 g/mol. The average Bonchev–Trinajstić information content (AvgIpc) is 2.68. The topological polar surface area (TPSA) is 39.3 Å². The molecule has 0 aromatic heterocycles. The molecule has 0 spiro atoms. The number of rotatable bonds is 4. The number of nitrogens with zero attached hydrogens (tertiary/aromatic N) is 1. The summed E-state index contributed by atoms with van der Waals surface area (Å²) >= 11 is 0. The summed E-state index contributed by atoms with van der Waals surface area (Å²) < 4.78 is 0. The van der Waals surface area contributed by atoms with Crippen molar-refractivity contribution in [3.05, 3.63) is 29.8 Å². The molecule has 0 aliphatic carbocycles. The highest BCUT2D eigenvalue weighted by Crippen LogP contribution is 2.40. The third-order valence-corrected chi connectivity index (χ3v) is 3.76. The van der Waals surface area contributed by atoms with Gasteiger partial charge in [0.25, 0.3) is 0 Å². The summed E-state index contributed by atoms with van der Waals surface area (Å²) in [5, 5.41) is 10.3. The van der Waals surface area contributed by atoms with Gasteiger partial charge in [-0.05, 0) is 34.1 Å². The third-order valence-electron chi connectivity index (χ3n) is 3.76. The molecule has 3 N–H and O–H groups in total. The van der Waals surface area contributed by atoms with Gasteiger partial charge in [-0.3, -0.25) is 16.0 Å². The first-order valence-electron chi connectivity index (χ1n) is 6.16. The van der Waals surface area contributed by atoms with Crippen LogP contribution in [-0.2, 0) is 5.66 Å². The van der Waals surface area contributed by atoms with Crippen LogP contribution in [0.5, 0.6) is 0 Å². The molecule has 1 aromatic carbocycles. The number of likely N-dealkylation sites (N-methyl/N-ethyl adjacent to an activating group) is 4. The Kier molecular flexibility index (Phi) is 3.38. The summed E-state index contributed by atoms with van der Waals surface area (Å²) in [7, 11) is 6.00. The summed E-state index contributed by atoms with van der Waals surface area (Å²) in [6.45, 7) is 3.16. The lowest BCUT2D eigenvalue weighted by atomic mass is 9.99. The highest BCUT2D eigenvalue weighted by molar-refractivity contribution is 5.63. The Labute approximate surface area is 103 Å². The number of hydrogen-bond acceptors (Lipinski definition) is 4. The Hall–Kier alpha value is -1.10. The molecule has 0 saturated heterocycles. The van der Waals surface area contributed by atoms with E-state index < -0.39 is 0 Å². The van der Waals surface area contributed by atoms with Gasteiger partial charge < -0.3 is 4.90 Å². The molecular formula is C13H22N4. The second-order valence-corrected chi connectivity index (χ2v) is 4.30. The predicted octanol–water partition coefficient (Wildman–Crippen LogP) is 0.664. The van der Waals surface area contributed by atoms with Crippen LogP contribution in [0.25, 0.3) is 0 Å². The molecule has 1 aliphatic heterocycles. The molecule has 0 amide bonds. The van der Waals surface area contributed by atoms with Gasteiger partial charge in [-0.1, -0.05) is 18.2 Å². The van der Waals surface area contributed by atoms with Gasteiger partial charge in [0.05, 0.1) is 0 Å². The van der Waals surface area contributed by atoms with Gasteiger partial charge in [-0.25, -0.2) is 0 Å². The van der Waals surface area contributed by atoms with E-state index in [1.165, 1.54) is 11.3 Å². The van der Waals surface area contributed by atoms with Crippen LogP contribution in [0, 0.1) is 0 Å². The van der Waals surface area contributed by atoms with Crippen LogP contribution in [-0.4, -0.2) is 33.9 Å². The molecule has 1 atom stereocenters. The highest BCUT2D eigenvalue weighted by atomic mass is 15.4. The Morgan fingerprint density at radius 3 is 2.35 bits per heavy atom. The van der Waals surface area contributed by atoms with Crippen molar-refractivity contribution in [2.75, 3.05) is 32.6 Å². The number of anilines is 1. The lowest BCUT2D eigenvalue weighted by Crippen LogP contribution is -2.65. The highest BCUT2D eigenvalue weighted by Gasteiger charge is 2.48. The van der Waals surface area contributed by atoms with E-state index in [0.29, 0.717) is 0 Å². The maximum Gasteiger partial charge on any atom is 0.131 e. The van der Waals surface area contributed by atoms with E-state index in [9.17, 15) is 0 Å². The van der Waals surface area contributed by atoms with Gasteiger partial charge in [-0.15, -0.1) is 0 Å². The van der Waals surface area contributed by atoms with Gasteiger partial charge >= 0.3 is 0 Å². The Balaban J connectivity index is 2.59. The number of benzene rings is 1. The van der Waals surface area contributed by atoms with Crippen LogP contribution in [0.4, 0.5) is 5.69 Å². The van der Waals surface area contributed by atoms with Crippen molar-refractivity contribution in [2.24, 2.45) is 0 Å². The van der Waals surface area contributed by atoms with E-state index in [4.69, 9.17) is 0 Å². The molecule has 0 saturated carbocycles. The van der Waals surface area contributed by atoms with Crippen molar-refractivity contribution >= 4 is 5.69 Å². The van der Waals surface area contributed by atoms with E-state index in [1.54, 1.807) is 0 Å². The molecule has 4 heteroatoms. The van der Waals surface area contributed by atoms with Crippen molar-refractivity contribution in [2.45, 2.75) is 18.8 Å². The van der Waals surface area contributed by atoms with E-state index in [2.05, 4.69) is 52.0 Å². The molecule has 1 unspecified atom stereocenters. The van der Waals surface area contributed by atoms with Crippen LogP contribution in [0.1, 0.15) is 12.5 Å². The first kappa shape index (κ1) is 12.4. The number of nitrogens with one attached hydrogen (secondary N) is 3. The Morgan fingerprint density at radius 1 is 1.18 bits per heavy atom. The van der Waals surface area contributed by atoms with Crippen molar-refractivity contribution in [1.82, 2.24) is 16.0 Å². The molecule has 1 aromatic rings. The summed E-state index contributed by atoms with van der Waals surface area (Å²) in [6, 6.07) is 8.55. The SMILES string of the molecule is CCN1c2ccccc2C(NC)(NC)C1NC. The van der Waals surface area contributed by atoms with Gasteiger partial charge in [0.2, 0.25) is 0 Å². The molecule has 17 heavy (non-hydrogen) atoms. The van der Waals surface area contributed by atoms with Crippen molar-refractivity contribution in [3.8, 4) is 0 Å². The van der Waals surface area contributed by atoms with E-state index in [0.717, 1.165) is 6.54 Å². The van der Waals surface area contributed by atoms with Gasteiger partial charge in [0, 0.05) is 17.8 Å². The summed E-state index contributed by atoms with van der Waals surface area (Å²) in [4.78, 5) is 2.38. The zero-order valence-electron chi connectivity index (χ0n) is 11.0. The molecule has 1 heterocycles. The fourth-order valence-electron chi connectivity index (χ4n) is 2.97. The monoisotopic (exact) mass is 234 g/mol. The fourth-order valence-corrected chi connectivity index (χ4v) is 2.97. The minimum atomic E-state index is -0.235. The first-order valence-corrected chi connectivity index (χ1v) is 6.16. The predicted molar refractivity (Wildman–Crippen MR) is 72.1 cm³/mol. The minimum Gasteiger partial charge on any atom is -0.353 e. The largest absolute Gasteiger partial charge is 0.353 e. The van der Waals surface area contributed by atoms with Crippen LogP contribution in [0.2, 0.25) is 0 Å². The Bertz CT molecular complexity index is 387. The van der Waals surface area contributed by atoms with E-state index in [1.807, 2.05) is 21.1 Å². The zero-order chi connectivity index (χ0) is 12.5. The summed E-state index contributed by atoms with van der Waals surface area (Å²) in [5.41, 5.74) is 2.35. The van der Waals surface area contributed by atoms with Gasteiger partial charge in [-0.2, -0.15) is 0 Å². The number of hydrogen-bond donors (Lipinski definition) is 3. The van der Waals surface area contributed by atoms with Crippen LogP contribution in [0.3, 0.4) is 0 Å².